The molecule has 1 nitrogen and oxygen atoms in total. The van der Waals surface area contributed by atoms with E-state index in [0.29, 0.717) is 25.7 Å². The van der Waals surface area contributed by atoms with E-state index < -0.39 is 0 Å². The number of aromatic nitrogens is 1. The van der Waals surface area contributed by atoms with E-state index in [1.54, 1.807) is 30.6 Å². The van der Waals surface area contributed by atoms with Crippen LogP contribution in [0.3, 0.4) is 0 Å². The van der Waals surface area contributed by atoms with Crippen LogP contribution in [-0.4, -0.2) is 4.98 Å². The van der Waals surface area contributed by atoms with Crippen molar-refractivity contribution in [2.24, 2.45) is 0 Å². The van der Waals surface area contributed by atoms with Gasteiger partial charge in [0.2, 0.25) is 0 Å². The van der Waals surface area contributed by atoms with Gasteiger partial charge in [0, 0.05) is 23.5 Å². The highest BCUT2D eigenvalue weighted by Gasteiger charge is 2.10. The average molecular weight is 293 g/mol. The monoisotopic (exact) mass is 291 g/mol. The van der Waals surface area contributed by atoms with Crippen LogP contribution in [0.2, 0.25) is 20.1 Å². The minimum atomic E-state index is 0.412. The van der Waals surface area contributed by atoms with Gasteiger partial charge in [0.15, 0.2) is 0 Å². The van der Waals surface area contributed by atoms with Crippen LogP contribution in [0, 0.1) is 0 Å². The van der Waals surface area contributed by atoms with Gasteiger partial charge in [-0.1, -0.05) is 46.4 Å². The van der Waals surface area contributed by atoms with Gasteiger partial charge in [-0.25, -0.2) is 0 Å². The summed E-state index contributed by atoms with van der Waals surface area (Å²) in [5.74, 6) is 0. The molecule has 0 aliphatic heterocycles. The first-order valence-corrected chi connectivity index (χ1v) is 5.85. The minimum Gasteiger partial charge on any atom is -0.264 e. The third kappa shape index (κ3) is 2.28. The number of halogens is 4. The molecule has 2 rings (SSSR count). The Morgan fingerprint density at radius 1 is 0.750 bits per heavy atom. The highest BCUT2D eigenvalue weighted by molar-refractivity contribution is 6.44. The Kier molecular flexibility index (Phi) is 3.60. The molecule has 0 aliphatic rings. The molecule has 0 spiro atoms. The summed E-state index contributed by atoms with van der Waals surface area (Å²) in [7, 11) is 0. The first-order chi connectivity index (χ1) is 7.59. The zero-order valence-corrected chi connectivity index (χ0v) is 10.9. The van der Waals surface area contributed by atoms with E-state index in [9.17, 15) is 0 Å². The average Bonchev–Trinajstić information content (AvgIpc) is 2.25. The van der Waals surface area contributed by atoms with E-state index in [1.807, 2.05) is 0 Å². The molecule has 0 aliphatic carbocycles. The maximum absolute atomic E-state index is 6.08. The van der Waals surface area contributed by atoms with E-state index in [0.717, 1.165) is 5.56 Å². The van der Waals surface area contributed by atoms with Crippen molar-refractivity contribution in [1.82, 2.24) is 4.98 Å². The maximum atomic E-state index is 6.08. The predicted molar refractivity (Wildman–Crippen MR) is 69.7 cm³/mol. The van der Waals surface area contributed by atoms with Crippen molar-refractivity contribution in [2.75, 3.05) is 0 Å². The minimum absolute atomic E-state index is 0.412. The third-order valence-corrected chi connectivity index (χ3v) is 3.43. The van der Waals surface area contributed by atoms with E-state index in [2.05, 4.69) is 4.98 Å². The van der Waals surface area contributed by atoms with Crippen LogP contribution in [0.25, 0.3) is 11.1 Å². The molecule has 82 valence electrons. The lowest BCUT2D eigenvalue weighted by atomic mass is 10.1. The van der Waals surface area contributed by atoms with Gasteiger partial charge in [-0.15, -0.1) is 0 Å². The van der Waals surface area contributed by atoms with Gasteiger partial charge in [-0.3, -0.25) is 4.98 Å². The van der Waals surface area contributed by atoms with Crippen LogP contribution in [0.1, 0.15) is 0 Å². The summed E-state index contributed by atoms with van der Waals surface area (Å²) in [6.07, 6.45) is 3.24. The summed E-state index contributed by atoms with van der Waals surface area (Å²) in [6, 6.07) is 4.95. The molecule has 5 heteroatoms. The van der Waals surface area contributed by atoms with Crippen LogP contribution in [0.5, 0.6) is 0 Å². The standard InChI is InChI=1S/C11H5Cl4N/c12-8-1-2-16-5-7(8)6-3-10(14)11(15)4-9(6)13/h1-5H. The molecule has 0 amide bonds. The SMILES string of the molecule is Clc1cc(Cl)c(-c2cnccc2Cl)cc1Cl. The molecule has 0 bridgehead atoms. The lowest BCUT2D eigenvalue weighted by Crippen LogP contribution is -1.84. The van der Waals surface area contributed by atoms with Crippen LogP contribution in [-0.2, 0) is 0 Å². The lowest BCUT2D eigenvalue weighted by Gasteiger charge is -2.07. The second-order valence-electron chi connectivity index (χ2n) is 3.10. The van der Waals surface area contributed by atoms with Crippen molar-refractivity contribution in [1.29, 1.82) is 0 Å². The first-order valence-electron chi connectivity index (χ1n) is 4.34. The molecular weight excluding hydrogens is 288 g/mol. The molecule has 0 radical (unpaired) electrons. The van der Waals surface area contributed by atoms with Gasteiger partial charge in [0.1, 0.15) is 0 Å². The van der Waals surface area contributed by atoms with Gasteiger partial charge in [0.25, 0.3) is 0 Å². The molecule has 0 N–H and O–H groups in total. The Hall–Kier alpha value is -0.470. The summed E-state index contributed by atoms with van der Waals surface area (Å²) in [5.41, 5.74) is 1.45. The zero-order valence-electron chi connectivity index (χ0n) is 7.85. The lowest BCUT2D eigenvalue weighted by molar-refractivity contribution is 1.33. The molecule has 0 saturated heterocycles. The molecule has 1 heterocycles. The van der Waals surface area contributed by atoms with Crippen LogP contribution >= 0.6 is 46.4 Å². The van der Waals surface area contributed by atoms with Crippen molar-refractivity contribution >= 4 is 46.4 Å². The topological polar surface area (TPSA) is 12.9 Å². The number of nitrogens with zero attached hydrogens (tertiary/aromatic N) is 1. The van der Waals surface area contributed by atoms with E-state index in [-0.39, 0.29) is 0 Å². The van der Waals surface area contributed by atoms with Gasteiger partial charge in [-0.2, -0.15) is 0 Å². The number of pyridine rings is 1. The van der Waals surface area contributed by atoms with Crippen LogP contribution < -0.4 is 0 Å². The molecule has 1 aromatic carbocycles. The van der Waals surface area contributed by atoms with Gasteiger partial charge in [-0.05, 0) is 18.2 Å². The molecule has 0 fully saturated rings. The fraction of sp³-hybridized carbons (Fsp3) is 0. The number of hydrogen-bond donors (Lipinski definition) is 0. The number of benzene rings is 1. The quantitative estimate of drug-likeness (QED) is 0.645. The number of hydrogen-bond acceptors (Lipinski definition) is 1. The van der Waals surface area contributed by atoms with Gasteiger partial charge in [0.05, 0.1) is 20.1 Å². The second kappa shape index (κ2) is 4.80. The molecule has 0 atom stereocenters. The Balaban J connectivity index is 2.65. The van der Waals surface area contributed by atoms with Gasteiger partial charge >= 0.3 is 0 Å². The summed E-state index contributed by atoms with van der Waals surface area (Å²) in [4.78, 5) is 4.00. The van der Waals surface area contributed by atoms with Gasteiger partial charge < -0.3 is 0 Å². The summed E-state index contributed by atoms with van der Waals surface area (Å²) in [6.45, 7) is 0. The Bertz CT molecular complexity index is 540. The summed E-state index contributed by atoms with van der Waals surface area (Å²) < 4.78 is 0. The molecule has 0 unspecified atom stereocenters. The van der Waals surface area contributed by atoms with E-state index in [4.69, 9.17) is 46.4 Å². The summed E-state index contributed by atoms with van der Waals surface area (Å²) in [5, 5.41) is 1.90. The largest absolute Gasteiger partial charge is 0.264 e. The van der Waals surface area contributed by atoms with Crippen molar-refractivity contribution < 1.29 is 0 Å². The van der Waals surface area contributed by atoms with Crippen molar-refractivity contribution in [2.45, 2.75) is 0 Å². The Morgan fingerprint density at radius 2 is 1.44 bits per heavy atom. The van der Waals surface area contributed by atoms with Crippen LogP contribution in [0.15, 0.2) is 30.6 Å². The van der Waals surface area contributed by atoms with Crippen molar-refractivity contribution in [3.8, 4) is 11.1 Å². The number of rotatable bonds is 1. The smallest absolute Gasteiger partial charge is 0.0607 e. The Morgan fingerprint density at radius 3 is 2.12 bits per heavy atom. The first kappa shape index (κ1) is 12.0. The molecule has 1 aromatic heterocycles. The highest BCUT2D eigenvalue weighted by Crippen LogP contribution is 2.37. The zero-order chi connectivity index (χ0) is 11.7. The molecular formula is C11H5Cl4N. The maximum Gasteiger partial charge on any atom is 0.0607 e. The van der Waals surface area contributed by atoms with Crippen molar-refractivity contribution in [3.63, 3.8) is 0 Å². The van der Waals surface area contributed by atoms with E-state index in [1.165, 1.54) is 0 Å². The Labute approximate surface area is 113 Å². The second-order valence-corrected chi connectivity index (χ2v) is 4.73. The predicted octanol–water partition coefficient (Wildman–Crippen LogP) is 5.36. The van der Waals surface area contributed by atoms with E-state index >= 15 is 0 Å². The fourth-order valence-corrected chi connectivity index (χ4v) is 2.16. The molecule has 16 heavy (non-hydrogen) atoms. The third-order valence-electron chi connectivity index (χ3n) is 2.07. The fourth-order valence-electron chi connectivity index (χ4n) is 1.30. The normalized spacial score (nSPS) is 10.5. The molecule has 2 aromatic rings. The van der Waals surface area contributed by atoms with Crippen LogP contribution in [0.4, 0.5) is 0 Å². The van der Waals surface area contributed by atoms with Crippen molar-refractivity contribution in [3.05, 3.63) is 50.7 Å². The highest BCUT2D eigenvalue weighted by atomic mass is 35.5. The summed E-state index contributed by atoms with van der Waals surface area (Å²) >= 11 is 23.9. The molecule has 0 saturated carbocycles.